The third-order valence-electron chi connectivity index (χ3n) is 5.39. The van der Waals surface area contributed by atoms with Crippen molar-refractivity contribution in [3.05, 3.63) is 94.0 Å². The van der Waals surface area contributed by atoms with Crippen LogP contribution in [0.2, 0.25) is 0 Å². The van der Waals surface area contributed by atoms with Crippen LogP contribution in [0.15, 0.2) is 82.4 Å². The van der Waals surface area contributed by atoms with Gasteiger partial charge in [0.25, 0.3) is 5.91 Å². The van der Waals surface area contributed by atoms with Crippen molar-refractivity contribution < 1.29 is 19.9 Å². The summed E-state index contributed by atoms with van der Waals surface area (Å²) in [6, 6.07) is 19.8. The average Bonchev–Trinajstić information content (AvgIpc) is 3.07. The van der Waals surface area contributed by atoms with Crippen LogP contribution in [0.3, 0.4) is 0 Å². The van der Waals surface area contributed by atoms with Gasteiger partial charge in [-0.15, -0.1) is 0 Å². The zero-order valence-corrected chi connectivity index (χ0v) is 18.2. The van der Waals surface area contributed by atoms with E-state index in [1.165, 1.54) is 17.0 Å². The Morgan fingerprint density at radius 2 is 1.58 bits per heavy atom. The predicted octanol–water partition coefficient (Wildman–Crippen LogP) is 4.88. The van der Waals surface area contributed by atoms with Crippen molar-refractivity contribution in [2.45, 2.75) is 13.0 Å². The number of anilines is 1. The van der Waals surface area contributed by atoms with Gasteiger partial charge >= 0.3 is 0 Å². The molecule has 2 N–H and O–H groups in total. The number of oxime groups is 1. The van der Waals surface area contributed by atoms with E-state index >= 15 is 0 Å². The maximum atomic E-state index is 13.5. The van der Waals surface area contributed by atoms with Gasteiger partial charge in [0.05, 0.1) is 12.0 Å². The molecule has 6 nitrogen and oxygen atoms in total. The largest absolute Gasteiger partial charge is 0.508 e. The first kappa shape index (κ1) is 20.8. The first-order valence-corrected chi connectivity index (χ1v) is 10.4. The van der Waals surface area contributed by atoms with Gasteiger partial charge in [-0.2, -0.15) is 0 Å². The highest BCUT2D eigenvalue weighted by molar-refractivity contribution is 9.10. The van der Waals surface area contributed by atoms with Crippen molar-refractivity contribution in [3.8, 4) is 5.75 Å². The molecular weight excluding hydrogens is 460 g/mol. The average molecular weight is 479 g/mol. The predicted molar refractivity (Wildman–Crippen MR) is 121 cm³/mol. The van der Waals surface area contributed by atoms with Gasteiger partial charge in [-0.1, -0.05) is 63.0 Å². The number of aromatic hydroxyl groups is 1. The minimum absolute atomic E-state index is 0.0546. The maximum absolute atomic E-state index is 13.5. The standard InChI is InChI=1S/C24H19BrN2O4/c1-14-2-4-16(5-3-14)23(29)20-21(26-31)24(30)27(18-10-12-19(28)13-11-18)22(20)15-6-8-17(25)9-7-15/h2-13,20,22,28,31H,1H3. The first-order valence-electron chi connectivity index (χ1n) is 9.61. The number of nitrogens with zero attached hydrogens (tertiary/aromatic N) is 2. The zero-order valence-electron chi connectivity index (χ0n) is 16.6. The Morgan fingerprint density at radius 3 is 2.16 bits per heavy atom. The number of halogens is 1. The highest BCUT2D eigenvalue weighted by Gasteiger charge is 2.51. The second kappa shape index (κ2) is 8.35. The SMILES string of the molecule is Cc1ccc(C(=O)C2C(=NO)C(=O)N(c3ccc(O)cc3)C2c2ccc(Br)cc2)cc1. The Morgan fingerprint density at radius 1 is 0.968 bits per heavy atom. The minimum Gasteiger partial charge on any atom is -0.508 e. The molecule has 1 saturated heterocycles. The number of benzene rings is 3. The second-order valence-corrected chi connectivity index (χ2v) is 8.30. The monoisotopic (exact) mass is 478 g/mol. The van der Waals surface area contributed by atoms with Crippen LogP contribution in [0.5, 0.6) is 5.75 Å². The fourth-order valence-corrected chi connectivity index (χ4v) is 4.11. The Bertz CT molecular complexity index is 1160. The molecule has 31 heavy (non-hydrogen) atoms. The summed E-state index contributed by atoms with van der Waals surface area (Å²) in [6.07, 6.45) is 0. The van der Waals surface area contributed by atoms with Crippen LogP contribution in [0.4, 0.5) is 5.69 Å². The van der Waals surface area contributed by atoms with Crippen LogP contribution in [0, 0.1) is 12.8 Å². The Labute approximate surface area is 187 Å². The van der Waals surface area contributed by atoms with Gasteiger partial charge in [0.1, 0.15) is 5.75 Å². The third-order valence-corrected chi connectivity index (χ3v) is 5.92. The lowest BCUT2D eigenvalue weighted by molar-refractivity contribution is -0.112. The summed E-state index contributed by atoms with van der Waals surface area (Å²) in [5.41, 5.74) is 2.42. The van der Waals surface area contributed by atoms with Crippen molar-refractivity contribution in [2.24, 2.45) is 11.1 Å². The summed E-state index contributed by atoms with van der Waals surface area (Å²) < 4.78 is 0.856. The van der Waals surface area contributed by atoms with Gasteiger partial charge in [-0.3, -0.25) is 14.5 Å². The summed E-state index contributed by atoms with van der Waals surface area (Å²) in [4.78, 5) is 28.3. The molecule has 0 aromatic heterocycles. The quantitative estimate of drug-likeness (QED) is 0.317. The summed E-state index contributed by atoms with van der Waals surface area (Å²) in [5, 5.41) is 22.6. The van der Waals surface area contributed by atoms with Gasteiger partial charge in [-0.25, -0.2) is 0 Å². The lowest BCUT2D eigenvalue weighted by atomic mass is 9.85. The van der Waals surface area contributed by atoms with E-state index in [2.05, 4.69) is 21.1 Å². The van der Waals surface area contributed by atoms with Gasteiger partial charge in [0, 0.05) is 15.7 Å². The van der Waals surface area contributed by atoms with Gasteiger partial charge in [0.15, 0.2) is 11.5 Å². The molecule has 1 amide bonds. The van der Waals surface area contributed by atoms with Crippen LogP contribution < -0.4 is 4.90 Å². The smallest absolute Gasteiger partial charge is 0.277 e. The zero-order chi connectivity index (χ0) is 22.1. The van der Waals surface area contributed by atoms with E-state index in [9.17, 15) is 19.9 Å². The fourth-order valence-electron chi connectivity index (χ4n) is 3.84. The van der Waals surface area contributed by atoms with E-state index in [0.717, 1.165) is 10.0 Å². The number of carbonyl (C=O) groups excluding carboxylic acids is 2. The van der Waals surface area contributed by atoms with Crippen molar-refractivity contribution >= 4 is 39.0 Å². The van der Waals surface area contributed by atoms with Crippen molar-refractivity contribution in [3.63, 3.8) is 0 Å². The molecule has 3 aromatic carbocycles. The van der Waals surface area contributed by atoms with Crippen LogP contribution >= 0.6 is 15.9 Å². The van der Waals surface area contributed by atoms with Crippen LogP contribution in [-0.4, -0.2) is 27.7 Å². The normalized spacial score (nSPS) is 19.7. The first-order chi connectivity index (χ1) is 14.9. The molecule has 0 saturated carbocycles. The van der Waals surface area contributed by atoms with E-state index in [1.54, 1.807) is 24.3 Å². The number of phenols is 1. The summed E-state index contributed by atoms with van der Waals surface area (Å²) >= 11 is 3.41. The number of carbonyl (C=O) groups is 2. The number of Topliss-reactive ketones (excluding diaryl/α,β-unsaturated/α-hetero) is 1. The summed E-state index contributed by atoms with van der Waals surface area (Å²) in [5.74, 6) is -1.82. The van der Waals surface area contributed by atoms with E-state index in [1.807, 2.05) is 43.3 Å². The summed E-state index contributed by atoms with van der Waals surface area (Å²) in [7, 11) is 0. The molecule has 0 aliphatic carbocycles. The highest BCUT2D eigenvalue weighted by atomic mass is 79.9. The number of rotatable bonds is 4. The molecule has 7 heteroatoms. The lowest BCUT2D eigenvalue weighted by Gasteiger charge is -2.27. The molecule has 3 aromatic rings. The number of hydrogen-bond donors (Lipinski definition) is 2. The molecule has 2 unspecified atom stereocenters. The van der Waals surface area contributed by atoms with E-state index in [-0.39, 0.29) is 17.2 Å². The van der Waals surface area contributed by atoms with Crippen molar-refractivity contribution in [1.82, 2.24) is 0 Å². The molecule has 0 spiro atoms. The van der Waals surface area contributed by atoms with Gasteiger partial charge in [0.2, 0.25) is 0 Å². The molecule has 0 radical (unpaired) electrons. The highest BCUT2D eigenvalue weighted by Crippen LogP contribution is 2.42. The Balaban J connectivity index is 1.88. The van der Waals surface area contributed by atoms with E-state index in [0.29, 0.717) is 16.8 Å². The molecule has 1 heterocycles. The molecular formula is C24H19BrN2O4. The Hall–Kier alpha value is -3.45. The second-order valence-electron chi connectivity index (χ2n) is 7.38. The van der Waals surface area contributed by atoms with Crippen molar-refractivity contribution in [1.29, 1.82) is 0 Å². The lowest BCUT2D eigenvalue weighted by Crippen LogP contribution is -2.30. The Kier molecular flexibility index (Phi) is 5.61. The number of ketones is 1. The third kappa shape index (κ3) is 3.84. The fraction of sp³-hybridized carbons (Fsp3) is 0.125. The van der Waals surface area contributed by atoms with E-state index < -0.39 is 17.9 Å². The van der Waals surface area contributed by atoms with Crippen LogP contribution in [0.25, 0.3) is 0 Å². The minimum atomic E-state index is -1.00. The molecule has 1 aliphatic heterocycles. The molecule has 0 bridgehead atoms. The van der Waals surface area contributed by atoms with Crippen LogP contribution in [-0.2, 0) is 4.79 Å². The molecule has 1 fully saturated rings. The molecule has 156 valence electrons. The maximum Gasteiger partial charge on any atom is 0.277 e. The van der Waals surface area contributed by atoms with Gasteiger partial charge < -0.3 is 10.3 Å². The summed E-state index contributed by atoms with van der Waals surface area (Å²) in [6.45, 7) is 1.92. The van der Waals surface area contributed by atoms with Gasteiger partial charge in [-0.05, 0) is 48.9 Å². The molecule has 4 rings (SSSR count). The number of aryl methyl sites for hydroxylation is 1. The van der Waals surface area contributed by atoms with E-state index in [4.69, 9.17) is 0 Å². The number of amides is 1. The molecule has 1 aliphatic rings. The van der Waals surface area contributed by atoms with Crippen molar-refractivity contribution in [2.75, 3.05) is 4.90 Å². The number of hydrogen-bond acceptors (Lipinski definition) is 5. The number of phenolic OH excluding ortho intramolecular Hbond substituents is 1. The topological polar surface area (TPSA) is 90.2 Å². The van der Waals surface area contributed by atoms with Crippen LogP contribution in [0.1, 0.15) is 27.5 Å². The molecule has 2 atom stereocenters.